The van der Waals surface area contributed by atoms with Gasteiger partial charge in [0, 0.05) is 18.0 Å². The monoisotopic (exact) mass is 387 g/mol. The number of nitrogens with one attached hydrogen (secondary N) is 1. The number of allylic oxidation sites excluding steroid dienone is 2. The van der Waals surface area contributed by atoms with Crippen molar-refractivity contribution >= 4 is 23.0 Å². The molecule has 1 aromatic heterocycles. The first-order valence-corrected chi connectivity index (χ1v) is 8.80. The molecule has 0 radical (unpaired) electrons. The first kappa shape index (κ1) is 19.6. The Morgan fingerprint density at radius 1 is 1.25 bits per heavy atom. The van der Waals surface area contributed by atoms with E-state index in [0.29, 0.717) is 34.6 Å². The summed E-state index contributed by atoms with van der Waals surface area (Å²) < 4.78 is 15.5. The summed E-state index contributed by atoms with van der Waals surface area (Å²) >= 11 is 0. The van der Waals surface area contributed by atoms with Gasteiger partial charge >= 0.3 is 11.9 Å². The van der Waals surface area contributed by atoms with E-state index in [4.69, 9.17) is 14.1 Å². The van der Waals surface area contributed by atoms with Gasteiger partial charge in [0.1, 0.15) is 11.0 Å². The van der Waals surface area contributed by atoms with Gasteiger partial charge in [0.2, 0.25) is 0 Å². The number of carboxylic acids is 1. The van der Waals surface area contributed by atoms with E-state index >= 15 is 0 Å². The van der Waals surface area contributed by atoms with Crippen molar-refractivity contribution in [1.29, 1.82) is 0 Å². The van der Waals surface area contributed by atoms with Crippen molar-refractivity contribution in [2.75, 3.05) is 6.61 Å². The second kappa shape index (κ2) is 7.81. The SMILES string of the molecule is CCOC(C)OC(=O)C1=C(C)NC(C)=C(C(=O)O)C1c1cccc2nonc12. The lowest BCUT2D eigenvalue weighted by atomic mass is 9.80. The van der Waals surface area contributed by atoms with Crippen molar-refractivity contribution in [2.45, 2.75) is 39.9 Å². The number of aromatic nitrogens is 2. The molecule has 1 aliphatic heterocycles. The largest absolute Gasteiger partial charge is 0.478 e. The van der Waals surface area contributed by atoms with E-state index in [1.165, 1.54) is 0 Å². The highest BCUT2D eigenvalue weighted by Gasteiger charge is 2.39. The summed E-state index contributed by atoms with van der Waals surface area (Å²) in [5, 5.41) is 20.5. The number of benzene rings is 1. The first-order chi connectivity index (χ1) is 13.3. The van der Waals surface area contributed by atoms with Gasteiger partial charge in [-0.25, -0.2) is 14.2 Å². The van der Waals surface area contributed by atoms with Gasteiger partial charge in [-0.05, 0) is 49.6 Å². The normalized spacial score (nSPS) is 18.2. The number of nitrogens with zero attached hydrogens (tertiary/aromatic N) is 2. The van der Waals surface area contributed by atoms with Gasteiger partial charge in [0.05, 0.1) is 17.1 Å². The summed E-state index contributed by atoms with van der Waals surface area (Å²) in [6, 6.07) is 5.10. The molecule has 2 aromatic rings. The van der Waals surface area contributed by atoms with Gasteiger partial charge in [0.15, 0.2) is 6.29 Å². The van der Waals surface area contributed by atoms with Gasteiger partial charge in [-0.2, -0.15) is 0 Å². The Balaban J connectivity index is 2.16. The zero-order chi connectivity index (χ0) is 20.4. The van der Waals surface area contributed by atoms with Gasteiger partial charge in [-0.3, -0.25) is 0 Å². The van der Waals surface area contributed by atoms with Crippen molar-refractivity contribution in [3.05, 3.63) is 46.3 Å². The molecule has 2 heterocycles. The molecule has 0 spiro atoms. The minimum Gasteiger partial charge on any atom is -0.478 e. The third-order valence-corrected chi connectivity index (χ3v) is 4.51. The highest BCUT2D eigenvalue weighted by molar-refractivity contribution is 6.00. The quantitative estimate of drug-likeness (QED) is 0.568. The van der Waals surface area contributed by atoms with Crippen molar-refractivity contribution in [1.82, 2.24) is 15.6 Å². The van der Waals surface area contributed by atoms with E-state index < -0.39 is 24.1 Å². The van der Waals surface area contributed by atoms with Crippen LogP contribution in [0.1, 0.15) is 39.2 Å². The van der Waals surface area contributed by atoms with E-state index in [9.17, 15) is 14.7 Å². The summed E-state index contributed by atoms with van der Waals surface area (Å²) in [4.78, 5) is 25.0. The van der Waals surface area contributed by atoms with Crippen LogP contribution in [0.4, 0.5) is 0 Å². The average molecular weight is 387 g/mol. The molecule has 9 heteroatoms. The van der Waals surface area contributed by atoms with E-state index in [2.05, 4.69) is 15.6 Å². The van der Waals surface area contributed by atoms with Crippen molar-refractivity contribution in [3.8, 4) is 0 Å². The van der Waals surface area contributed by atoms with Crippen LogP contribution in [0.3, 0.4) is 0 Å². The van der Waals surface area contributed by atoms with Gasteiger partial charge < -0.3 is 19.9 Å². The van der Waals surface area contributed by atoms with Crippen molar-refractivity contribution < 1.29 is 28.8 Å². The molecule has 0 amide bonds. The average Bonchev–Trinajstić information content (AvgIpc) is 3.09. The van der Waals surface area contributed by atoms with E-state index in [1.807, 2.05) is 0 Å². The Hall–Kier alpha value is -3.20. The molecule has 0 bridgehead atoms. The van der Waals surface area contributed by atoms with Crippen LogP contribution in [-0.4, -0.2) is 40.3 Å². The lowest BCUT2D eigenvalue weighted by Gasteiger charge is -2.30. The van der Waals surface area contributed by atoms with E-state index in [-0.39, 0.29) is 11.1 Å². The molecule has 0 saturated carbocycles. The standard InChI is InChI=1S/C19H21N3O6/c1-5-26-11(4)27-19(25)15-10(3)20-9(2)14(18(23)24)16(15)12-7-6-8-13-17(12)22-28-21-13/h6-8,11,16,20H,5H2,1-4H3,(H,23,24). The second-order valence-corrected chi connectivity index (χ2v) is 6.35. The number of rotatable bonds is 6. The number of esters is 1. The van der Waals surface area contributed by atoms with Crippen LogP contribution in [0, 0.1) is 0 Å². The lowest BCUT2D eigenvalue weighted by molar-refractivity contribution is -0.169. The molecule has 2 atom stereocenters. The molecule has 9 nitrogen and oxygen atoms in total. The molecule has 1 aliphatic rings. The molecule has 148 valence electrons. The highest BCUT2D eigenvalue weighted by atomic mass is 16.7. The number of hydrogen-bond acceptors (Lipinski definition) is 8. The zero-order valence-corrected chi connectivity index (χ0v) is 16.0. The van der Waals surface area contributed by atoms with Crippen LogP contribution < -0.4 is 5.32 Å². The summed E-state index contributed by atoms with van der Waals surface area (Å²) in [5.74, 6) is -2.73. The van der Waals surface area contributed by atoms with Crippen molar-refractivity contribution in [2.24, 2.45) is 0 Å². The molecule has 0 saturated heterocycles. The maximum absolute atomic E-state index is 13.0. The summed E-state index contributed by atoms with van der Waals surface area (Å²) in [7, 11) is 0. The molecule has 0 fully saturated rings. The maximum Gasteiger partial charge on any atom is 0.339 e. The molecule has 3 rings (SSSR count). The molecule has 1 aromatic carbocycles. The minimum absolute atomic E-state index is 0.0251. The summed E-state index contributed by atoms with van der Waals surface area (Å²) in [6.45, 7) is 7.10. The molecule has 2 N–H and O–H groups in total. The Morgan fingerprint density at radius 2 is 1.96 bits per heavy atom. The number of carboxylic acid groups (broad SMARTS) is 1. The molecular weight excluding hydrogens is 366 g/mol. The van der Waals surface area contributed by atoms with Crippen LogP contribution in [0.5, 0.6) is 0 Å². The fraction of sp³-hybridized carbons (Fsp3) is 0.368. The van der Waals surface area contributed by atoms with Crippen LogP contribution in [-0.2, 0) is 19.1 Å². The van der Waals surface area contributed by atoms with Gasteiger partial charge in [-0.1, -0.05) is 12.1 Å². The fourth-order valence-electron chi connectivity index (χ4n) is 3.40. The Bertz CT molecular complexity index is 990. The van der Waals surface area contributed by atoms with Gasteiger partial charge in [0.25, 0.3) is 0 Å². The number of carbonyl (C=O) groups excluding carboxylic acids is 1. The molecule has 28 heavy (non-hydrogen) atoms. The molecular formula is C19H21N3O6. The van der Waals surface area contributed by atoms with Crippen molar-refractivity contribution in [3.63, 3.8) is 0 Å². The predicted octanol–water partition coefficient (Wildman–Crippen LogP) is 2.47. The Labute approximate surface area is 161 Å². The maximum atomic E-state index is 13.0. The highest BCUT2D eigenvalue weighted by Crippen LogP contribution is 2.40. The fourth-order valence-corrected chi connectivity index (χ4v) is 3.40. The van der Waals surface area contributed by atoms with E-state index in [1.54, 1.807) is 45.9 Å². The number of ether oxygens (including phenoxy) is 2. The van der Waals surface area contributed by atoms with Crippen LogP contribution in [0.2, 0.25) is 0 Å². The zero-order valence-electron chi connectivity index (χ0n) is 16.0. The van der Waals surface area contributed by atoms with Crippen LogP contribution >= 0.6 is 0 Å². The van der Waals surface area contributed by atoms with Crippen LogP contribution in [0.25, 0.3) is 11.0 Å². The Morgan fingerprint density at radius 3 is 2.64 bits per heavy atom. The molecule has 0 aliphatic carbocycles. The summed E-state index contributed by atoms with van der Waals surface area (Å²) in [6.07, 6.45) is -0.775. The third-order valence-electron chi connectivity index (χ3n) is 4.51. The number of fused-ring (bicyclic) bond motifs is 1. The second-order valence-electron chi connectivity index (χ2n) is 6.35. The van der Waals surface area contributed by atoms with E-state index in [0.717, 1.165) is 0 Å². The number of aliphatic carboxylic acids is 1. The smallest absolute Gasteiger partial charge is 0.339 e. The Kier molecular flexibility index (Phi) is 5.46. The van der Waals surface area contributed by atoms with Gasteiger partial charge in [-0.15, -0.1) is 0 Å². The number of carbonyl (C=O) groups is 2. The first-order valence-electron chi connectivity index (χ1n) is 8.80. The lowest BCUT2D eigenvalue weighted by Crippen LogP contribution is -2.33. The predicted molar refractivity (Wildman–Crippen MR) is 97.9 cm³/mol. The minimum atomic E-state index is -1.15. The van der Waals surface area contributed by atoms with Crippen LogP contribution in [0.15, 0.2) is 45.4 Å². The topological polar surface area (TPSA) is 124 Å². The summed E-state index contributed by atoms with van der Waals surface area (Å²) in [5.41, 5.74) is 2.46. The number of hydrogen-bond donors (Lipinski definition) is 2. The third kappa shape index (κ3) is 3.48. The number of dihydropyridines is 1. The molecule has 2 unspecified atom stereocenters.